The highest BCUT2D eigenvalue weighted by atomic mass is 79.9. The summed E-state index contributed by atoms with van der Waals surface area (Å²) in [5.41, 5.74) is 2.63. The molecule has 26 heavy (non-hydrogen) atoms. The predicted molar refractivity (Wildman–Crippen MR) is 106 cm³/mol. The number of carbonyl (C=O) groups is 1. The number of hydrogen-bond acceptors (Lipinski definition) is 4. The van der Waals surface area contributed by atoms with Gasteiger partial charge in [0.25, 0.3) is 0 Å². The zero-order valence-corrected chi connectivity index (χ0v) is 17.0. The minimum absolute atomic E-state index is 0.00489. The van der Waals surface area contributed by atoms with E-state index in [1.807, 2.05) is 45.9 Å². The summed E-state index contributed by atoms with van der Waals surface area (Å²) in [6, 6.07) is 5.74. The van der Waals surface area contributed by atoms with Gasteiger partial charge in [0.2, 0.25) is 11.8 Å². The van der Waals surface area contributed by atoms with Gasteiger partial charge in [-0.3, -0.25) is 4.79 Å². The molecular weight excluding hydrogens is 398 g/mol. The van der Waals surface area contributed by atoms with Crippen LogP contribution in [0.1, 0.15) is 29.8 Å². The van der Waals surface area contributed by atoms with Gasteiger partial charge in [-0.15, -0.1) is 0 Å². The van der Waals surface area contributed by atoms with Crippen molar-refractivity contribution >= 4 is 33.5 Å². The number of amides is 1. The van der Waals surface area contributed by atoms with Crippen molar-refractivity contribution in [1.82, 2.24) is 15.6 Å². The lowest BCUT2D eigenvalue weighted by Crippen LogP contribution is -2.37. The Kier molecular flexibility index (Phi) is 7.20. The molecule has 140 valence electrons. The van der Waals surface area contributed by atoms with Crippen molar-refractivity contribution in [1.29, 1.82) is 0 Å². The van der Waals surface area contributed by atoms with Gasteiger partial charge in [0.15, 0.2) is 5.96 Å². The van der Waals surface area contributed by atoms with Crippen LogP contribution >= 0.6 is 15.9 Å². The number of rotatable bonds is 6. The van der Waals surface area contributed by atoms with Crippen LogP contribution in [-0.4, -0.2) is 29.9 Å². The van der Waals surface area contributed by atoms with E-state index in [2.05, 4.69) is 41.9 Å². The Morgan fingerprint density at radius 1 is 1.27 bits per heavy atom. The van der Waals surface area contributed by atoms with Crippen molar-refractivity contribution in [3.63, 3.8) is 0 Å². The molecule has 0 saturated heterocycles. The first kappa shape index (κ1) is 20.0. The first-order chi connectivity index (χ1) is 12.4. The third-order valence-corrected chi connectivity index (χ3v) is 4.17. The molecule has 1 heterocycles. The molecule has 0 spiro atoms. The van der Waals surface area contributed by atoms with Crippen LogP contribution in [0.25, 0.3) is 0 Å². The van der Waals surface area contributed by atoms with E-state index in [0.29, 0.717) is 24.9 Å². The summed E-state index contributed by atoms with van der Waals surface area (Å²) < 4.78 is 6.44. The summed E-state index contributed by atoms with van der Waals surface area (Å²) in [7, 11) is 0. The Balaban J connectivity index is 1.94. The topological polar surface area (TPSA) is 91.5 Å². The second kappa shape index (κ2) is 9.38. The molecule has 2 rings (SSSR count). The summed E-state index contributed by atoms with van der Waals surface area (Å²) >= 11 is 3.40. The molecule has 0 aliphatic carbocycles. The molecule has 0 unspecified atom stereocenters. The van der Waals surface area contributed by atoms with Crippen LogP contribution in [0, 0.1) is 20.8 Å². The lowest BCUT2D eigenvalue weighted by atomic mass is 10.2. The molecule has 0 bridgehead atoms. The molecule has 1 aromatic heterocycles. The fraction of sp³-hybridized carbons (Fsp3) is 0.389. The number of aryl methyl sites for hydroxylation is 3. The van der Waals surface area contributed by atoms with Gasteiger partial charge in [-0.2, -0.15) is 0 Å². The number of halogens is 1. The predicted octanol–water partition coefficient (Wildman–Crippen LogP) is 3.06. The highest BCUT2D eigenvalue weighted by Crippen LogP contribution is 2.20. The number of guanidine groups is 1. The molecule has 0 aliphatic heterocycles. The molecule has 7 nitrogen and oxygen atoms in total. The Morgan fingerprint density at radius 3 is 2.69 bits per heavy atom. The first-order valence-corrected chi connectivity index (χ1v) is 9.19. The number of carbonyl (C=O) groups excluding carboxylic acids is 1. The van der Waals surface area contributed by atoms with Crippen LogP contribution in [0.2, 0.25) is 0 Å². The fourth-order valence-corrected chi connectivity index (χ4v) is 2.55. The van der Waals surface area contributed by atoms with E-state index in [1.54, 1.807) is 0 Å². The second-order valence-corrected chi connectivity index (χ2v) is 6.72. The van der Waals surface area contributed by atoms with Gasteiger partial charge in [0.1, 0.15) is 12.3 Å². The number of nitrogens with zero attached hydrogens (tertiary/aromatic N) is 2. The smallest absolute Gasteiger partial charge is 0.246 e. The third-order valence-electron chi connectivity index (χ3n) is 3.68. The molecule has 0 saturated carbocycles. The molecule has 1 aromatic carbocycles. The summed E-state index contributed by atoms with van der Waals surface area (Å²) in [4.78, 5) is 20.8. The minimum atomic E-state index is -0.189. The van der Waals surface area contributed by atoms with Crippen LogP contribution in [0.3, 0.4) is 0 Å². The van der Waals surface area contributed by atoms with Gasteiger partial charge in [-0.05, 0) is 45.4 Å². The van der Waals surface area contributed by atoms with Crippen LogP contribution in [0.5, 0.6) is 0 Å². The molecule has 0 aliphatic rings. The second-order valence-electron chi connectivity index (χ2n) is 5.81. The Labute approximate surface area is 161 Å². The van der Waals surface area contributed by atoms with Crippen molar-refractivity contribution in [3.05, 3.63) is 45.6 Å². The number of anilines is 1. The number of aromatic nitrogens is 1. The molecule has 2 aromatic rings. The van der Waals surface area contributed by atoms with Crippen LogP contribution < -0.4 is 16.0 Å². The summed E-state index contributed by atoms with van der Waals surface area (Å²) in [5.74, 6) is 1.72. The third kappa shape index (κ3) is 5.87. The summed E-state index contributed by atoms with van der Waals surface area (Å²) in [5, 5.41) is 9.08. The van der Waals surface area contributed by atoms with Gasteiger partial charge in [-0.25, -0.2) is 9.98 Å². The van der Waals surface area contributed by atoms with Gasteiger partial charge in [0.05, 0.1) is 12.2 Å². The van der Waals surface area contributed by atoms with Crippen molar-refractivity contribution in [3.8, 4) is 0 Å². The van der Waals surface area contributed by atoms with E-state index in [1.165, 1.54) is 0 Å². The zero-order chi connectivity index (χ0) is 19.1. The van der Waals surface area contributed by atoms with E-state index < -0.39 is 0 Å². The van der Waals surface area contributed by atoms with E-state index >= 15 is 0 Å². The SMILES string of the molecule is CCNC(=NCC(=O)Nc1cc(Br)ccc1C)NCc1nc(C)c(C)o1. The molecule has 8 heteroatoms. The van der Waals surface area contributed by atoms with Crippen LogP contribution in [0.15, 0.2) is 32.1 Å². The lowest BCUT2D eigenvalue weighted by Gasteiger charge is -2.11. The van der Waals surface area contributed by atoms with Gasteiger partial charge in [0, 0.05) is 16.7 Å². The number of oxazole rings is 1. The maximum atomic E-state index is 12.2. The standard InChI is InChI=1S/C18H24BrN5O2/c1-5-20-18(22-10-17-23-12(3)13(4)26-17)21-9-16(25)24-15-8-14(19)7-6-11(15)2/h6-8H,5,9-10H2,1-4H3,(H,24,25)(H2,20,21,22). The number of aliphatic imine (C=N–C) groups is 1. The van der Waals surface area contributed by atoms with Crippen molar-refractivity contribution < 1.29 is 9.21 Å². The summed E-state index contributed by atoms with van der Waals surface area (Å²) in [6.07, 6.45) is 0. The van der Waals surface area contributed by atoms with Crippen molar-refractivity contribution in [2.75, 3.05) is 18.4 Å². The summed E-state index contributed by atoms with van der Waals surface area (Å²) in [6.45, 7) is 8.76. The van der Waals surface area contributed by atoms with Gasteiger partial charge in [-0.1, -0.05) is 22.0 Å². The molecule has 1 amide bonds. The largest absolute Gasteiger partial charge is 0.444 e. The number of hydrogen-bond donors (Lipinski definition) is 3. The number of benzene rings is 1. The molecular formula is C18H24BrN5O2. The maximum Gasteiger partial charge on any atom is 0.246 e. The van der Waals surface area contributed by atoms with E-state index in [4.69, 9.17) is 4.42 Å². The molecule has 0 atom stereocenters. The normalized spacial score (nSPS) is 11.3. The average Bonchev–Trinajstić information content (AvgIpc) is 2.91. The maximum absolute atomic E-state index is 12.2. The van der Waals surface area contributed by atoms with Crippen molar-refractivity contribution in [2.45, 2.75) is 34.2 Å². The van der Waals surface area contributed by atoms with E-state index in [-0.39, 0.29) is 12.5 Å². The molecule has 0 fully saturated rings. The van der Waals surface area contributed by atoms with Crippen LogP contribution in [-0.2, 0) is 11.3 Å². The Hall–Kier alpha value is -2.35. The molecule has 3 N–H and O–H groups in total. The van der Waals surface area contributed by atoms with Gasteiger partial charge >= 0.3 is 0 Å². The lowest BCUT2D eigenvalue weighted by molar-refractivity contribution is -0.114. The fourth-order valence-electron chi connectivity index (χ4n) is 2.19. The highest BCUT2D eigenvalue weighted by Gasteiger charge is 2.08. The monoisotopic (exact) mass is 421 g/mol. The quantitative estimate of drug-likeness (QED) is 0.492. The minimum Gasteiger partial charge on any atom is -0.444 e. The van der Waals surface area contributed by atoms with Crippen LogP contribution in [0.4, 0.5) is 5.69 Å². The average molecular weight is 422 g/mol. The number of nitrogens with one attached hydrogen (secondary N) is 3. The van der Waals surface area contributed by atoms with E-state index in [9.17, 15) is 4.79 Å². The van der Waals surface area contributed by atoms with Gasteiger partial charge < -0.3 is 20.4 Å². The zero-order valence-electron chi connectivity index (χ0n) is 15.4. The first-order valence-electron chi connectivity index (χ1n) is 8.40. The Bertz CT molecular complexity index is 781. The van der Waals surface area contributed by atoms with Crippen molar-refractivity contribution in [2.24, 2.45) is 4.99 Å². The molecule has 0 radical (unpaired) electrons. The highest BCUT2D eigenvalue weighted by molar-refractivity contribution is 9.10. The Morgan fingerprint density at radius 2 is 2.04 bits per heavy atom. The van der Waals surface area contributed by atoms with E-state index in [0.717, 1.165) is 27.2 Å².